The molecule has 5 rings (SSSR count). The highest BCUT2D eigenvalue weighted by Gasteiger charge is 2.61. The zero-order valence-corrected chi connectivity index (χ0v) is 26.8. The zero-order chi connectivity index (χ0) is 36.3. The largest absolute Gasteiger partial charge is 0.481 e. The number of carbonyl (C=O) groups excluding carboxylic acids is 2. The number of hydrogen-bond donors (Lipinski definition) is 5. The van der Waals surface area contributed by atoms with E-state index < -0.39 is 67.4 Å². The fourth-order valence-electron chi connectivity index (χ4n) is 5.51. The molecule has 1 aromatic carbocycles. The number of halogens is 2. The van der Waals surface area contributed by atoms with Crippen molar-refractivity contribution in [2.45, 2.75) is 62.9 Å². The lowest BCUT2D eigenvalue weighted by atomic mass is 9.91. The SMILES string of the molecule is C=C1N=C(N)C=CN1C1O[C@H](COC(=O)CCC(CC(=O)c2ccc(C(C)Cc3cnc4nc(N)nc(N)c4n3)cc2)C(=O)O)[C@H](O)C1(F)F. The number of aromatic nitrogens is 4. The monoisotopic (exact) mass is 695 g/mol. The van der Waals surface area contributed by atoms with Gasteiger partial charge in [-0.1, -0.05) is 37.8 Å². The van der Waals surface area contributed by atoms with E-state index in [1.54, 1.807) is 30.5 Å². The number of aliphatic hydroxyl groups is 1. The molecule has 1 fully saturated rings. The quantitative estimate of drug-likeness (QED) is 0.126. The number of ether oxygens (including phenoxy) is 2. The van der Waals surface area contributed by atoms with Gasteiger partial charge in [0, 0.05) is 24.6 Å². The first kappa shape index (κ1) is 35.7. The van der Waals surface area contributed by atoms with Crippen LogP contribution >= 0.6 is 0 Å². The van der Waals surface area contributed by atoms with Crippen LogP contribution in [-0.2, 0) is 25.5 Å². The molecular weight excluding hydrogens is 660 g/mol. The fourth-order valence-corrected chi connectivity index (χ4v) is 5.51. The lowest BCUT2D eigenvalue weighted by Crippen LogP contribution is -2.47. The van der Waals surface area contributed by atoms with Gasteiger partial charge in [0.25, 0.3) is 0 Å². The van der Waals surface area contributed by atoms with Gasteiger partial charge in [-0.25, -0.2) is 15.0 Å². The van der Waals surface area contributed by atoms with Crippen molar-refractivity contribution < 1.29 is 42.9 Å². The van der Waals surface area contributed by atoms with Crippen molar-refractivity contribution in [3.8, 4) is 0 Å². The number of aliphatic hydroxyl groups excluding tert-OH is 1. The maximum absolute atomic E-state index is 14.8. The molecule has 264 valence electrons. The van der Waals surface area contributed by atoms with Crippen molar-refractivity contribution in [1.82, 2.24) is 24.8 Å². The van der Waals surface area contributed by atoms with Gasteiger partial charge in [-0.3, -0.25) is 14.4 Å². The van der Waals surface area contributed by atoms with Crippen LogP contribution in [0.25, 0.3) is 11.2 Å². The smallest absolute Gasteiger partial charge is 0.320 e. The Morgan fingerprint density at radius 3 is 2.54 bits per heavy atom. The minimum Gasteiger partial charge on any atom is -0.481 e. The second kappa shape index (κ2) is 14.5. The van der Waals surface area contributed by atoms with E-state index in [0.29, 0.717) is 17.6 Å². The molecule has 0 saturated carbocycles. The minimum atomic E-state index is -3.79. The molecule has 1 saturated heterocycles. The van der Waals surface area contributed by atoms with Gasteiger partial charge >= 0.3 is 17.9 Å². The van der Waals surface area contributed by atoms with Crippen molar-refractivity contribution in [3.05, 3.63) is 72.0 Å². The topological polar surface area (TPSA) is 255 Å². The number of aliphatic carboxylic acids is 1. The van der Waals surface area contributed by atoms with Crippen molar-refractivity contribution in [3.63, 3.8) is 0 Å². The molecule has 2 aliphatic heterocycles. The summed E-state index contributed by atoms with van der Waals surface area (Å²) in [5.74, 6) is -7.69. The van der Waals surface area contributed by atoms with E-state index in [0.717, 1.165) is 10.5 Å². The highest BCUT2D eigenvalue weighted by Crippen LogP contribution is 2.40. The summed E-state index contributed by atoms with van der Waals surface area (Å²) < 4.78 is 40.0. The Labute approximate surface area is 283 Å². The number of carboxylic acid groups (broad SMARTS) is 1. The number of anilines is 2. The second-order valence-electron chi connectivity index (χ2n) is 11.9. The summed E-state index contributed by atoms with van der Waals surface area (Å²) in [6, 6.07) is 6.69. The number of fused-ring (bicyclic) bond motifs is 1. The first-order valence-electron chi connectivity index (χ1n) is 15.4. The molecule has 0 aliphatic carbocycles. The molecule has 0 radical (unpaired) electrons. The molecule has 2 aliphatic rings. The molecule has 2 aromatic heterocycles. The average molecular weight is 696 g/mol. The number of carboxylic acids is 1. The molecule has 3 unspecified atom stereocenters. The number of nitrogens with two attached hydrogens (primary N) is 3. The summed E-state index contributed by atoms with van der Waals surface area (Å²) in [5.41, 5.74) is 19.5. The molecule has 0 amide bonds. The van der Waals surface area contributed by atoms with Crippen molar-refractivity contribution in [2.24, 2.45) is 16.6 Å². The highest BCUT2D eigenvalue weighted by atomic mass is 19.3. The average Bonchev–Trinajstić information content (AvgIpc) is 3.29. The molecule has 18 heteroatoms. The molecule has 0 bridgehead atoms. The third-order valence-corrected chi connectivity index (χ3v) is 8.30. The third-order valence-electron chi connectivity index (χ3n) is 8.30. The van der Waals surface area contributed by atoms with Gasteiger partial charge in [-0.2, -0.15) is 18.7 Å². The predicted molar refractivity (Wildman–Crippen MR) is 174 cm³/mol. The van der Waals surface area contributed by atoms with Crippen molar-refractivity contribution >= 4 is 46.5 Å². The van der Waals surface area contributed by atoms with Crippen LogP contribution in [-0.4, -0.2) is 89.6 Å². The van der Waals surface area contributed by atoms with Crippen LogP contribution in [0.4, 0.5) is 20.5 Å². The number of alkyl halides is 2. The minimum absolute atomic E-state index is 0.00302. The lowest BCUT2D eigenvalue weighted by molar-refractivity contribution is -0.153. The number of Topliss-reactive ketones (excluding diaryl/α,β-unsaturated/α-hetero) is 1. The fraction of sp³-hybridized carbons (Fsp3) is 0.375. The summed E-state index contributed by atoms with van der Waals surface area (Å²) in [6.45, 7) is 4.79. The Morgan fingerprint density at radius 2 is 1.86 bits per heavy atom. The number of amidine groups is 1. The van der Waals surface area contributed by atoms with E-state index in [9.17, 15) is 33.4 Å². The Kier molecular flexibility index (Phi) is 10.3. The third kappa shape index (κ3) is 7.81. The van der Waals surface area contributed by atoms with Crippen LogP contribution in [0.1, 0.15) is 53.7 Å². The molecule has 3 aromatic rings. The number of aliphatic imine (C=N–C) groups is 1. The molecule has 0 spiro atoms. The van der Waals surface area contributed by atoms with Gasteiger partial charge < -0.3 is 41.8 Å². The number of nitrogens with zero attached hydrogens (tertiary/aromatic N) is 6. The summed E-state index contributed by atoms with van der Waals surface area (Å²) in [4.78, 5) is 58.7. The Bertz CT molecular complexity index is 1870. The van der Waals surface area contributed by atoms with E-state index in [1.807, 2.05) is 6.92 Å². The standard InChI is InChI=1S/C32H35F2N9O7/c1-15(11-20-13-38-28-25(40-20)27(36)41-31(37)42-28)17-3-5-18(6-4-17)21(44)12-19(29(47)48)7-8-24(45)49-14-22-26(46)32(33,34)30(50-22)43-10-9-23(35)39-16(43)2/h3-6,9-10,13,15,19,22,26,30,46H,2,7-8,11-12,14H2,1H3,(H2,35,39)(H,47,48)(H4,36,37,38,41,42)/t15?,19?,22-,26+,30?/m1/s1. The van der Waals surface area contributed by atoms with Crippen LogP contribution in [0, 0.1) is 5.92 Å². The lowest BCUT2D eigenvalue weighted by Gasteiger charge is -2.31. The first-order chi connectivity index (χ1) is 23.6. The van der Waals surface area contributed by atoms with Crippen LogP contribution < -0.4 is 17.2 Å². The number of rotatable bonds is 13. The van der Waals surface area contributed by atoms with Crippen LogP contribution in [0.5, 0.6) is 0 Å². The van der Waals surface area contributed by atoms with Gasteiger partial charge in [0.05, 0.1) is 17.8 Å². The highest BCUT2D eigenvalue weighted by molar-refractivity contribution is 5.98. The zero-order valence-electron chi connectivity index (χ0n) is 26.8. The predicted octanol–water partition coefficient (Wildman–Crippen LogP) is 1.91. The molecule has 16 nitrogen and oxygen atoms in total. The summed E-state index contributed by atoms with van der Waals surface area (Å²) in [6.07, 6.45) is -2.49. The second-order valence-corrected chi connectivity index (χ2v) is 11.9. The van der Waals surface area contributed by atoms with Gasteiger partial charge in [0.1, 0.15) is 24.4 Å². The molecule has 50 heavy (non-hydrogen) atoms. The maximum Gasteiger partial charge on any atom is 0.320 e. The Balaban J connectivity index is 1.11. The van der Waals surface area contributed by atoms with Gasteiger partial charge in [0.15, 0.2) is 28.9 Å². The number of esters is 1. The van der Waals surface area contributed by atoms with Gasteiger partial charge in [-0.05, 0) is 30.4 Å². The molecule has 8 N–H and O–H groups in total. The van der Waals surface area contributed by atoms with Crippen LogP contribution in [0.15, 0.2) is 60.1 Å². The van der Waals surface area contributed by atoms with E-state index in [4.69, 9.17) is 26.7 Å². The van der Waals surface area contributed by atoms with E-state index in [-0.39, 0.29) is 47.0 Å². The number of carbonyl (C=O) groups is 3. The van der Waals surface area contributed by atoms with E-state index in [2.05, 4.69) is 31.5 Å². The van der Waals surface area contributed by atoms with Gasteiger partial charge in [-0.15, -0.1) is 0 Å². The molecule has 4 heterocycles. The first-order valence-corrected chi connectivity index (χ1v) is 15.4. The Hall–Kier alpha value is -5.62. The van der Waals surface area contributed by atoms with Crippen molar-refractivity contribution in [2.75, 3.05) is 18.1 Å². The van der Waals surface area contributed by atoms with Gasteiger partial charge in [0.2, 0.25) is 12.2 Å². The van der Waals surface area contributed by atoms with Crippen LogP contribution in [0.3, 0.4) is 0 Å². The summed E-state index contributed by atoms with van der Waals surface area (Å²) >= 11 is 0. The number of hydrogen-bond acceptors (Lipinski definition) is 15. The van der Waals surface area contributed by atoms with E-state index >= 15 is 0 Å². The number of ketones is 1. The molecule has 5 atom stereocenters. The van der Waals surface area contributed by atoms with Crippen molar-refractivity contribution in [1.29, 1.82) is 0 Å². The normalized spacial score (nSPS) is 21.1. The van der Waals surface area contributed by atoms with Crippen LogP contribution in [0.2, 0.25) is 0 Å². The summed E-state index contributed by atoms with van der Waals surface area (Å²) in [5, 5.41) is 19.9. The molecular formula is C32H35F2N9O7. The maximum atomic E-state index is 14.8. The summed E-state index contributed by atoms with van der Waals surface area (Å²) in [7, 11) is 0. The Morgan fingerprint density at radius 1 is 1.14 bits per heavy atom. The number of benzene rings is 1. The number of nitrogen functional groups attached to an aromatic ring is 2. The van der Waals surface area contributed by atoms with E-state index in [1.165, 1.54) is 12.3 Å².